The van der Waals surface area contributed by atoms with Gasteiger partial charge in [0.25, 0.3) is 0 Å². The van der Waals surface area contributed by atoms with Crippen molar-refractivity contribution >= 4 is 11.7 Å². The number of methoxy groups -OCH3 is 4. The van der Waals surface area contributed by atoms with E-state index in [1.165, 1.54) is 0 Å². The van der Waals surface area contributed by atoms with Crippen molar-refractivity contribution in [2.75, 3.05) is 33.8 Å². The summed E-state index contributed by atoms with van der Waals surface area (Å²) in [6, 6.07) is 10.4. The number of urea groups is 1. The minimum Gasteiger partial charge on any atom is -0.493 e. The monoisotopic (exact) mass is 374 g/mol. The number of rotatable bonds is 7. The van der Waals surface area contributed by atoms with Crippen LogP contribution in [0.4, 0.5) is 10.5 Å². The summed E-state index contributed by atoms with van der Waals surface area (Å²) < 4.78 is 21.1. The molecule has 2 aromatic rings. The van der Waals surface area contributed by atoms with E-state index in [9.17, 15) is 4.79 Å². The average Bonchev–Trinajstić information content (AvgIpc) is 2.66. The molecule has 0 aliphatic carbocycles. The molecule has 0 atom stereocenters. The van der Waals surface area contributed by atoms with Crippen LogP contribution in [0.2, 0.25) is 0 Å². The van der Waals surface area contributed by atoms with Gasteiger partial charge < -0.3 is 29.6 Å². The number of ether oxygens (including phenoxy) is 4. The molecule has 2 amide bonds. The number of hydrogen-bond donors (Lipinski definition) is 2. The Hall–Kier alpha value is -3.09. The van der Waals surface area contributed by atoms with Crippen molar-refractivity contribution in [1.82, 2.24) is 5.32 Å². The lowest BCUT2D eigenvalue weighted by Gasteiger charge is -2.27. The number of anilines is 1. The third-order valence-corrected chi connectivity index (χ3v) is 4.17. The number of nitrogens with one attached hydrogen (secondary N) is 2. The highest BCUT2D eigenvalue weighted by Crippen LogP contribution is 2.32. The highest BCUT2D eigenvalue weighted by atomic mass is 16.5. The number of amides is 2. The number of benzene rings is 2. The molecule has 0 unspecified atom stereocenters. The van der Waals surface area contributed by atoms with Crippen molar-refractivity contribution < 1.29 is 23.7 Å². The van der Waals surface area contributed by atoms with Crippen LogP contribution in [-0.2, 0) is 5.54 Å². The van der Waals surface area contributed by atoms with Crippen LogP contribution in [0.3, 0.4) is 0 Å². The van der Waals surface area contributed by atoms with Gasteiger partial charge in [-0.05, 0) is 43.7 Å². The molecule has 0 spiro atoms. The lowest BCUT2D eigenvalue weighted by Crippen LogP contribution is -2.43. The normalized spacial score (nSPS) is 10.7. The van der Waals surface area contributed by atoms with E-state index >= 15 is 0 Å². The van der Waals surface area contributed by atoms with Gasteiger partial charge in [-0.2, -0.15) is 0 Å². The van der Waals surface area contributed by atoms with Crippen molar-refractivity contribution in [2.24, 2.45) is 0 Å². The Balaban J connectivity index is 2.14. The Morgan fingerprint density at radius 3 is 1.85 bits per heavy atom. The highest BCUT2D eigenvalue weighted by Gasteiger charge is 2.24. The zero-order valence-electron chi connectivity index (χ0n) is 16.5. The van der Waals surface area contributed by atoms with Crippen LogP contribution >= 0.6 is 0 Å². The van der Waals surface area contributed by atoms with Gasteiger partial charge in [0.1, 0.15) is 0 Å². The molecule has 27 heavy (non-hydrogen) atoms. The third-order valence-electron chi connectivity index (χ3n) is 4.17. The molecule has 2 N–H and O–H groups in total. The van der Waals surface area contributed by atoms with E-state index in [4.69, 9.17) is 18.9 Å². The summed E-state index contributed by atoms with van der Waals surface area (Å²) in [7, 11) is 6.26. The van der Waals surface area contributed by atoms with Crippen molar-refractivity contribution in [3.8, 4) is 23.0 Å². The summed E-state index contributed by atoms with van der Waals surface area (Å²) in [5.41, 5.74) is 0.830. The second kappa shape index (κ2) is 8.53. The van der Waals surface area contributed by atoms with Gasteiger partial charge in [0.15, 0.2) is 23.0 Å². The van der Waals surface area contributed by atoms with Gasteiger partial charge in [-0.3, -0.25) is 0 Å². The van der Waals surface area contributed by atoms with E-state index in [2.05, 4.69) is 10.6 Å². The Kier molecular flexibility index (Phi) is 6.39. The van der Waals surface area contributed by atoms with E-state index in [0.717, 1.165) is 5.56 Å². The minimum absolute atomic E-state index is 0.345. The Bertz CT molecular complexity index is 805. The molecule has 0 aliphatic rings. The van der Waals surface area contributed by atoms with Crippen molar-refractivity contribution in [3.05, 3.63) is 42.0 Å². The van der Waals surface area contributed by atoms with Gasteiger partial charge in [-0.15, -0.1) is 0 Å². The van der Waals surface area contributed by atoms with Gasteiger partial charge in [-0.1, -0.05) is 6.07 Å². The summed E-state index contributed by atoms with van der Waals surface area (Å²) in [4.78, 5) is 12.5. The average molecular weight is 374 g/mol. The third kappa shape index (κ3) is 4.75. The molecule has 2 aromatic carbocycles. The van der Waals surface area contributed by atoms with Crippen molar-refractivity contribution in [3.63, 3.8) is 0 Å². The van der Waals surface area contributed by atoms with E-state index in [-0.39, 0.29) is 6.03 Å². The number of carbonyl (C=O) groups excluding carboxylic acids is 1. The quantitative estimate of drug-likeness (QED) is 0.771. The fourth-order valence-electron chi connectivity index (χ4n) is 2.66. The van der Waals surface area contributed by atoms with Crippen LogP contribution in [-0.4, -0.2) is 34.5 Å². The van der Waals surface area contributed by atoms with Crippen LogP contribution < -0.4 is 29.6 Å². The standard InChI is InChI=1S/C20H26N2O5/c1-20(2,13-7-9-15(24-3)17(11-13)26-5)22-19(23)21-14-8-10-16(25-4)18(12-14)27-6/h7-12H,1-6H3,(H2,21,22,23). The first kappa shape index (κ1) is 20.2. The first-order chi connectivity index (χ1) is 12.8. The SMILES string of the molecule is COc1ccc(NC(=O)NC(C)(C)c2ccc(OC)c(OC)c2)cc1OC. The topological polar surface area (TPSA) is 78.1 Å². The molecule has 146 valence electrons. The van der Waals surface area contributed by atoms with Gasteiger partial charge >= 0.3 is 6.03 Å². The molecule has 0 bridgehead atoms. The van der Waals surface area contributed by atoms with E-state index < -0.39 is 5.54 Å². The van der Waals surface area contributed by atoms with Crippen molar-refractivity contribution in [2.45, 2.75) is 19.4 Å². The maximum Gasteiger partial charge on any atom is 0.319 e. The molecule has 0 saturated heterocycles. The van der Waals surface area contributed by atoms with Gasteiger partial charge in [-0.25, -0.2) is 4.79 Å². The van der Waals surface area contributed by atoms with Crippen LogP contribution in [0.1, 0.15) is 19.4 Å². The largest absolute Gasteiger partial charge is 0.493 e. The van der Waals surface area contributed by atoms with Crippen LogP contribution in [0.5, 0.6) is 23.0 Å². The predicted molar refractivity (Wildman–Crippen MR) is 104 cm³/mol. The Morgan fingerprint density at radius 2 is 1.30 bits per heavy atom. The molecule has 0 fully saturated rings. The molecule has 0 aliphatic heterocycles. The molecular weight excluding hydrogens is 348 g/mol. The second-order valence-corrected chi connectivity index (χ2v) is 6.34. The van der Waals surface area contributed by atoms with Crippen LogP contribution in [0.15, 0.2) is 36.4 Å². The summed E-state index contributed by atoms with van der Waals surface area (Å²) >= 11 is 0. The van der Waals surface area contributed by atoms with Gasteiger partial charge in [0, 0.05) is 11.8 Å². The molecule has 7 nitrogen and oxygen atoms in total. The first-order valence-electron chi connectivity index (χ1n) is 8.38. The molecular formula is C20H26N2O5. The summed E-state index contributed by atoms with van der Waals surface area (Å²) in [6.45, 7) is 3.81. The van der Waals surface area contributed by atoms with E-state index in [1.807, 2.05) is 32.0 Å². The van der Waals surface area contributed by atoms with E-state index in [0.29, 0.717) is 28.7 Å². The lowest BCUT2D eigenvalue weighted by atomic mass is 9.94. The van der Waals surface area contributed by atoms with Crippen LogP contribution in [0, 0.1) is 0 Å². The van der Waals surface area contributed by atoms with Gasteiger partial charge in [0.05, 0.1) is 34.0 Å². The smallest absolute Gasteiger partial charge is 0.319 e. The fourth-order valence-corrected chi connectivity index (χ4v) is 2.66. The highest BCUT2D eigenvalue weighted by molar-refractivity contribution is 5.90. The maximum atomic E-state index is 12.5. The zero-order valence-corrected chi connectivity index (χ0v) is 16.5. The second-order valence-electron chi connectivity index (χ2n) is 6.34. The molecule has 0 radical (unpaired) electrons. The van der Waals surface area contributed by atoms with Gasteiger partial charge in [0.2, 0.25) is 0 Å². The van der Waals surface area contributed by atoms with E-state index in [1.54, 1.807) is 46.6 Å². The summed E-state index contributed by atoms with van der Waals surface area (Å²) in [5.74, 6) is 2.36. The molecule has 2 rings (SSSR count). The Labute approximate surface area is 159 Å². The maximum absolute atomic E-state index is 12.5. The number of hydrogen-bond acceptors (Lipinski definition) is 5. The predicted octanol–water partition coefficient (Wildman–Crippen LogP) is 3.78. The zero-order chi connectivity index (χ0) is 20.0. The Morgan fingerprint density at radius 1 is 0.778 bits per heavy atom. The van der Waals surface area contributed by atoms with Crippen LogP contribution in [0.25, 0.3) is 0 Å². The lowest BCUT2D eigenvalue weighted by molar-refractivity contribution is 0.241. The fraction of sp³-hybridized carbons (Fsp3) is 0.350. The minimum atomic E-state index is -0.639. The molecule has 0 heterocycles. The van der Waals surface area contributed by atoms with Crippen molar-refractivity contribution in [1.29, 1.82) is 0 Å². The molecule has 7 heteroatoms. The molecule has 0 saturated carbocycles. The summed E-state index contributed by atoms with van der Waals surface area (Å²) in [6.07, 6.45) is 0. The summed E-state index contributed by atoms with van der Waals surface area (Å²) in [5, 5.41) is 5.76. The molecule has 0 aromatic heterocycles. The number of carbonyl (C=O) groups is 1. The first-order valence-corrected chi connectivity index (χ1v) is 8.38.